The molecule has 2 heterocycles. The topological polar surface area (TPSA) is 47.8 Å². The highest BCUT2D eigenvalue weighted by Gasteiger charge is 2.21. The van der Waals surface area contributed by atoms with Gasteiger partial charge in [0.25, 0.3) is 0 Å². The van der Waals surface area contributed by atoms with Crippen molar-refractivity contribution in [3.05, 3.63) is 28.0 Å². The molecule has 0 radical (unpaired) electrons. The maximum absolute atomic E-state index is 12.0. The summed E-state index contributed by atoms with van der Waals surface area (Å²) in [5.41, 5.74) is 2.48. The summed E-state index contributed by atoms with van der Waals surface area (Å²) in [4.78, 5) is 12.0. The van der Waals surface area contributed by atoms with E-state index in [9.17, 15) is 4.79 Å². The molecule has 1 unspecified atom stereocenters. The van der Waals surface area contributed by atoms with Crippen molar-refractivity contribution in [3.8, 4) is 5.13 Å². The number of rotatable bonds is 3. The van der Waals surface area contributed by atoms with Crippen LogP contribution in [0.2, 0.25) is 0 Å². The number of hydrogen-bond acceptors (Lipinski definition) is 4. The molecule has 0 bridgehead atoms. The molecule has 0 aromatic carbocycles. The Kier molecular flexibility index (Phi) is 3.54. The average Bonchev–Trinajstić information content (AvgIpc) is 2.82. The number of aryl methyl sites for hydroxylation is 2. The normalized spacial score (nSPS) is 12.7. The van der Waals surface area contributed by atoms with Gasteiger partial charge in [-0.05, 0) is 33.8 Å². The maximum atomic E-state index is 12.0. The number of nitrogens with zero attached hydrogens (tertiary/aromatic N) is 3. The van der Waals surface area contributed by atoms with Crippen molar-refractivity contribution in [2.24, 2.45) is 0 Å². The van der Waals surface area contributed by atoms with Crippen molar-refractivity contribution in [2.45, 2.75) is 33.1 Å². The molecule has 0 aliphatic heterocycles. The van der Waals surface area contributed by atoms with Gasteiger partial charge in [-0.2, -0.15) is 0 Å². The molecule has 0 spiro atoms. The molecule has 0 saturated heterocycles. The number of hydrogen-bond donors (Lipinski definition) is 0. The average molecular weight is 284 g/mol. The van der Waals surface area contributed by atoms with Crippen molar-refractivity contribution in [3.63, 3.8) is 0 Å². The highest BCUT2D eigenvalue weighted by molar-refractivity contribution is 7.13. The molecular formula is C12H14ClN3OS. The second kappa shape index (κ2) is 4.82. The van der Waals surface area contributed by atoms with Crippen LogP contribution in [0.1, 0.15) is 33.7 Å². The van der Waals surface area contributed by atoms with E-state index in [1.807, 2.05) is 31.4 Å². The lowest BCUT2D eigenvalue weighted by Crippen LogP contribution is -2.11. The number of ketones is 1. The van der Waals surface area contributed by atoms with E-state index < -0.39 is 5.38 Å². The Morgan fingerprint density at radius 3 is 2.56 bits per heavy atom. The molecule has 0 N–H and O–H groups in total. The van der Waals surface area contributed by atoms with Crippen LogP contribution >= 0.6 is 22.9 Å². The first-order valence-electron chi connectivity index (χ1n) is 5.59. The van der Waals surface area contributed by atoms with Crippen molar-refractivity contribution < 1.29 is 4.79 Å². The van der Waals surface area contributed by atoms with Crippen molar-refractivity contribution in [1.82, 2.24) is 14.8 Å². The second-order valence-corrected chi connectivity index (χ2v) is 6.02. The van der Waals surface area contributed by atoms with Gasteiger partial charge in [0.1, 0.15) is 5.01 Å². The van der Waals surface area contributed by atoms with Crippen LogP contribution in [-0.2, 0) is 0 Å². The van der Waals surface area contributed by atoms with Gasteiger partial charge < -0.3 is 0 Å². The summed E-state index contributed by atoms with van der Waals surface area (Å²) >= 11 is 7.36. The lowest BCUT2D eigenvalue weighted by Gasteiger charge is -2.05. The Balaban J connectivity index is 2.54. The molecule has 2 rings (SSSR count). The molecule has 0 fully saturated rings. The fourth-order valence-electron chi connectivity index (χ4n) is 1.90. The fraction of sp³-hybridized carbons (Fsp3) is 0.417. The van der Waals surface area contributed by atoms with Crippen molar-refractivity contribution in [2.75, 3.05) is 0 Å². The predicted octanol–water partition coefficient (Wildman–Crippen LogP) is 3.06. The molecule has 6 heteroatoms. The molecule has 0 amide bonds. The molecule has 4 nitrogen and oxygen atoms in total. The third-order valence-electron chi connectivity index (χ3n) is 2.76. The van der Waals surface area contributed by atoms with Gasteiger partial charge in [-0.25, -0.2) is 0 Å². The zero-order valence-corrected chi connectivity index (χ0v) is 12.3. The Hall–Kier alpha value is -1.20. The van der Waals surface area contributed by atoms with Crippen molar-refractivity contribution >= 4 is 28.7 Å². The maximum Gasteiger partial charge on any atom is 0.216 e. The predicted molar refractivity (Wildman–Crippen MR) is 73.1 cm³/mol. The van der Waals surface area contributed by atoms with Crippen LogP contribution in [0, 0.1) is 20.8 Å². The quantitative estimate of drug-likeness (QED) is 0.642. The van der Waals surface area contributed by atoms with Gasteiger partial charge in [-0.1, -0.05) is 11.3 Å². The standard InChI is InChI=1S/C12H14ClN3OS/c1-6-5-10(11(17)7(2)13)8(3)16(6)12-15-14-9(4)18-12/h5,7H,1-4H3. The van der Waals surface area contributed by atoms with Gasteiger partial charge in [-0.3, -0.25) is 9.36 Å². The molecule has 0 aliphatic carbocycles. The summed E-state index contributed by atoms with van der Waals surface area (Å²) in [5.74, 6) is -0.0581. The summed E-state index contributed by atoms with van der Waals surface area (Å²) < 4.78 is 1.94. The van der Waals surface area contributed by atoms with Gasteiger partial charge in [0.05, 0.1) is 5.38 Å². The van der Waals surface area contributed by atoms with E-state index in [1.165, 1.54) is 11.3 Å². The lowest BCUT2D eigenvalue weighted by molar-refractivity contribution is 0.0991. The van der Waals surface area contributed by atoms with E-state index in [0.717, 1.165) is 21.5 Å². The third-order valence-corrected chi connectivity index (χ3v) is 3.79. The molecule has 0 saturated carbocycles. The summed E-state index contributed by atoms with van der Waals surface area (Å²) in [6, 6.07) is 1.85. The third kappa shape index (κ3) is 2.20. The smallest absolute Gasteiger partial charge is 0.216 e. The summed E-state index contributed by atoms with van der Waals surface area (Å²) in [6.07, 6.45) is 0. The van der Waals surface area contributed by atoms with E-state index in [1.54, 1.807) is 6.92 Å². The van der Waals surface area contributed by atoms with E-state index in [2.05, 4.69) is 10.2 Å². The number of aromatic nitrogens is 3. The SMILES string of the molecule is Cc1nnc(-n2c(C)cc(C(=O)C(C)Cl)c2C)s1. The first kappa shape index (κ1) is 13.2. The summed E-state index contributed by atoms with van der Waals surface area (Å²) in [5, 5.41) is 9.28. The van der Waals surface area contributed by atoms with Crippen LogP contribution in [0.4, 0.5) is 0 Å². The number of carbonyl (C=O) groups excluding carboxylic acids is 1. The minimum Gasteiger partial charge on any atom is -0.292 e. The molecular weight excluding hydrogens is 270 g/mol. The van der Waals surface area contributed by atoms with Crippen LogP contribution in [0.25, 0.3) is 5.13 Å². The van der Waals surface area contributed by atoms with Crippen LogP contribution in [0.5, 0.6) is 0 Å². The monoisotopic (exact) mass is 283 g/mol. The van der Waals surface area contributed by atoms with E-state index in [4.69, 9.17) is 11.6 Å². The van der Waals surface area contributed by atoms with E-state index >= 15 is 0 Å². The Morgan fingerprint density at radius 2 is 2.06 bits per heavy atom. The van der Waals surface area contributed by atoms with Crippen LogP contribution in [-0.4, -0.2) is 25.9 Å². The minimum absolute atomic E-state index is 0.0581. The zero-order valence-electron chi connectivity index (χ0n) is 10.7. The summed E-state index contributed by atoms with van der Waals surface area (Å²) in [7, 11) is 0. The molecule has 2 aromatic heterocycles. The second-order valence-electron chi connectivity index (χ2n) is 4.20. The first-order valence-corrected chi connectivity index (χ1v) is 6.84. The number of alkyl halides is 1. The number of carbonyl (C=O) groups is 1. The molecule has 18 heavy (non-hydrogen) atoms. The zero-order chi connectivity index (χ0) is 13.4. The van der Waals surface area contributed by atoms with Gasteiger partial charge >= 0.3 is 0 Å². The van der Waals surface area contributed by atoms with E-state index in [0.29, 0.717) is 5.56 Å². The fourth-order valence-corrected chi connectivity index (χ4v) is 2.81. The van der Waals surface area contributed by atoms with Gasteiger partial charge in [-0.15, -0.1) is 21.8 Å². The first-order chi connectivity index (χ1) is 8.41. The summed E-state index contributed by atoms with van der Waals surface area (Å²) in [6.45, 7) is 7.43. The number of halogens is 1. The molecule has 1 atom stereocenters. The Morgan fingerprint density at radius 1 is 1.39 bits per heavy atom. The number of Topliss-reactive ketones (excluding diaryl/α,β-unsaturated/α-hetero) is 1. The highest BCUT2D eigenvalue weighted by Crippen LogP contribution is 2.24. The van der Waals surface area contributed by atoms with Crippen LogP contribution in [0.3, 0.4) is 0 Å². The van der Waals surface area contributed by atoms with Crippen LogP contribution in [0.15, 0.2) is 6.07 Å². The highest BCUT2D eigenvalue weighted by atomic mass is 35.5. The van der Waals surface area contributed by atoms with Gasteiger partial charge in [0.2, 0.25) is 5.13 Å². The minimum atomic E-state index is -0.518. The van der Waals surface area contributed by atoms with E-state index in [-0.39, 0.29) is 5.78 Å². The Bertz CT molecular complexity index is 600. The Labute approximate surface area is 115 Å². The van der Waals surface area contributed by atoms with Crippen LogP contribution < -0.4 is 0 Å². The molecule has 96 valence electrons. The largest absolute Gasteiger partial charge is 0.292 e. The molecule has 0 aliphatic rings. The van der Waals surface area contributed by atoms with Gasteiger partial charge in [0, 0.05) is 17.0 Å². The van der Waals surface area contributed by atoms with Gasteiger partial charge in [0.15, 0.2) is 5.78 Å². The molecule has 2 aromatic rings. The lowest BCUT2D eigenvalue weighted by atomic mass is 10.1. The van der Waals surface area contributed by atoms with Crippen molar-refractivity contribution in [1.29, 1.82) is 0 Å².